The molecule has 0 radical (unpaired) electrons. The van der Waals surface area contributed by atoms with Crippen molar-refractivity contribution < 1.29 is 19.4 Å². The maximum Gasteiger partial charge on any atom is 0.332 e. The minimum Gasteiger partial charge on any atom is -0.458 e. The molecule has 0 atom stereocenters. The summed E-state index contributed by atoms with van der Waals surface area (Å²) in [6.45, 7) is 5.63. The molecule has 14 heavy (non-hydrogen) atoms. The lowest BCUT2D eigenvalue weighted by Gasteiger charge is -2.19. The zero-order valence-electron chi connectivity index (χ0n) is 8.95. The second-order valence-corrected chi connectivity index (χ2v) is 3.76. The van der Waals surface area contributed by atoms with Crippen LogP contribution in [0.15, 0.2) is 12.2 Å². The molecule has 0 unspecified atom stereocenters. The van der Waals surface area contributed by atoms with Crippen LogP contribution in [0.4, 0.5) is 0 Å². The maximum absolute atomic E-state index is 11.1. The van der Waals surface area contributed by atoms with Crippen LogP contribution in [0.3, 0.4) is 0 Å². The summed E-state index contributed by atoms with van der Waals surface area (Å²) in [4.78, 5) is 11.1. The summed E-state index contributed by atoms with van der Waals surface area (Å²) in [5.41, 5.74) is -0.471. The van der Waals surface area contributed by atoms with Gasteiger partial charge in [-0.25, -0.2) is 4.79 Å². The monoisotopic (exact) mass is 202 g/mol. The molecule has 82 valence electrons. The largest absolute Gasteiger partial charge is 0.458 e. The van der Waals surface area contributed by atoms with Crippen molar-refractivity contribution in [3.8, 4) is 0 Å². The van der Waals surface area contributed by atoms with E-state index in [0.29, 0.717) is 6.61 Å². The molecule has 0 aromatic heterocycles. The van der Waals surface area contributed by atoms with Crippen LogP contribution in [-0.2, 0) is 14.3 Å². The molecule has 0 aliphatic carbocycles. The molecular formula is C10H18O4. The van der Waals surface area contributed by atoms with Gasteiger partial charge in [0.15, 0.2) is 0 Å². The van der Waals surface area contributed by atoms with Crippen molar-refractivity contribution in [2.24, 2.45) is 0 Å². The van der Waals surface area contributed by atoms with E-state index in [1.54, 1.807) is 32.9 Å². The van der Waals surface area contributed by atoms with Crippen molar-refractivity contribution in [1.82, 2.24) is 0 Å². The summed E-state index contributed by atoms with van der Waals surface area (Å²) in [5, 5.41) is 8.39. The van der Waals surface area contributed by atoms with Crippen molar-refractivity contribution in [2.45, 2.75) is 26.4 Å². The molecule has 4 nitrogen and oxygen atoms in total. The van der Waals surface area contributed by atoms with E-state index in [0.717, 1.165) is 0 Å². The first kappa shape index (κ1) is 13.1. The summed E-state index contributed by atoms with van der Waals surface area (Å²) in [6, 6.07) is 0. The van der Waals surface area contributed by atoms with Gasteiger partial charge in [-0.05, 0) is 20.8 Å². The number of hydrogen-bond acceptors (Lipinski definition) is 4. The standard InChI is InChI=1S/C10H18O4/c1-10(2,3)14-9(12)8-13-7-5-4-6-11/h4-5,11H,6-8H2,1-3H3. The predicted molar refractivity (Wildman–Crippen MR) is 52.9 cm³/mol. The number of rotatable bonds is 5. The summed E-state index contributed by atoms with van der Waals surface area (Å²) < 4.78 is 9.98. The highest BCUT2D eigenvalue weighted by Gasteiger charge is 2.15. The van der Waals surface area contributed by atoms with Crippen LogP contribution in [0.2, 0.25) is 0 Å². The minimum atomic E-state index is -0.471. The van der Waals surface area contributed by atoms with Gasteiger partial charge in [0.25, 0.3) is 0 Å². The van der Waals surface area contributed by atoms with Crippen LogP contribution in [0.1, 0.15) is 20.8 Å². The molecule has 0 spiro atoms. The van der Waals surface area contributed by atoms with Gasteiger partial charge in [-0.3, -0.25) is 0 Å². The maximum atomic E-state index is 11.1. The first-order valence-electron chi connectivity index (χ1n) is 4.51. The molecule has 0 saturated carbocycles. The van der Waals surface area contributed by atoms with Crippen LogP contribution >= 0.6 is 0 Å². The van der Waals surface area contributed by atoms with Gasteiger partial charge in [0, 0.05) is 0 Å². The molecule has 0 fully saturated rings. The van der Waals surface area contributed by atoms with Crippen LogP contribution < -0.4 is 0 Å². The van der Waals surface area contributed by atoms with Crippen LogP contribution in [-0.4, -0.2) is 36.5 Å². The van der Waals surface area contributed by atoms with E-state index in [2.05, 4.69) is 0 Å². The molecule has 0 aromatic rings. The topological polar surface area (TPSA) is 55.8 Å². The van der Waals surface area contributed by atoms with E-state index < -0.39 is 5.60 Å². The van der Waals surface area contributed by atoms with Gasteiger partial charge in [0.1, 0.15) is 12.2 Å². The zero-order valence-corrected chi connectivity index (χ0v) is 8.95. The zero-order chi connectivity index (χ0) is 11.0. The van der Waals surface area contributed by atoms with Gasteiger partial charge in [-0.1, -0.05) is 12.2 Å². The Morgan fingerprint density at radius 3 is 2.50 bits per heavy atom. The number of esters is 1. The first-order chi connectivity index (χ1) is 6.45. The smallest absolute Gasteiger partial charge is 0.332 e. The predicted octanol–water partition coefficient (Wildman–Crippen LogP) is 0.893. The van der Waals surface area contributed by atoms with E-state index in [-0.39, 0.29) is 19.2 Å². The van der Waals surface area contributed by atoms with Gasteiger partial charge in [0.05, 0.1) is 13.2 Å². The lowest BCUT2D eigenvalue weighted by molar-refractivity contribution is -0.159. The Kier molecular flexibility index (Phi) is 6.16. The van der Waals surface area contributed by atoms with Gasteiger partial charge < -0.3 is 14.6 Å². The Balaban J connectivity index is 3.50. The van der Waals surface area contributed by atoms with Crippen molar-refractivity contribution in [3.05, 3.63) is 12.2 Å². The summed E-state index contributed by atoms with van der Waals surface area (Å²) in [5.74, 6) is -0.380. The highest BCUT2D eigenvalue weighted by atomic mass is 16.6. The number of carbonyl (C=O) groups excluding carboxylic acids is 1. The number of aliphatic hydroxyl groups is 1. The molecule has 0 amide bonds. The Morgan fingerprint density at radius 1 is 1.36 bits per heavy atom. The number of hydrogen-bond donors (Lipinski definition) is 1. The number of ether oxygens (including phenoxy) is 2. The van der Waals surface area contributed by atoms with Crippen molar-refractivity contribution >= 4 is 5.97 Å². The van der Waals surface area contributed by atoms with Crippen molar-refractivity contribution in [3.63, 3.8) is 0 Å². The third kappa shape index (κ3) is 9.22. The fourth-order valence-electron chi connectivity index (χ4n) is 0.724. The third-order valence-electron chi connectivity index (χ3n) is 1.13. The van der Waals surface area contributed by atoms with E-state index in [4.69, 9.17) is 14.6 Å². The quantitative estimate of drug-likeness (QED) is 0.409. The Labute approximate surface area is 84.5 Å². The number of carbonyl (C=O) groups is 1. The summed E-state index contributed by atoms with van der Waals surface area (Å²) >= 11 is 0. The molecule has 0 saturated heterocycles. The summed E-state index contributed by atoms with van der Waals surface area (Å²) in [6.07, 6.45) is 3.19. The van der Waals surface area contributed by atoms with Gasteiger partial charge in [-0.2, -0.15) is 0 Å². The van der Waals surface area contributed by atoms with E-state index in [1.807, 2.05) is 0 Å². The van der Waals surface area contributed by atoms with E-state index >= 15 is 0 Å². The molecule has 0 bridgehead atoms. The van der Waals surface area contributed by atoms with Gasteiger partial charge in [0.2, 0.25) is 0 Å². The molecule has 0 aliphatic rings. The fourth-order valence-corrected chi connectivity index (χ4v) is 0.724. The van der Waals surface area contributed by atoms with Crippen LogP contribution in [0.5, 0.6) is 0 Å². The second-order valence-electron chi connectivity index (χ2n) is 3.76. The molecule has 4 heteroatoms. The molecular weight excluding hydrogens is 184 g/mol. The average molecular weight is 202 g/mol. The average Bonchev–Trinajstić information content (AvgIpc) is 2.00. The van der Waals surface area contributed by atoms with Crippen LogP contribution in [0, 0.1) is 0 Å². The van der Waals surface area contributed by atoms with E-state index in [9.17, 15) is 4.79 Å². The normalized spacial score (nSPS) is 12.0. The highest BCUT2D eigenvalue weighted by Crippen LogP contribution is 2.06. The summed E-state index contributed by atoms with van der Waals surface area (Å²) in [7, 11) is 0. The lowest BCUT2D eigenvalue weighted by Crippen LogP contribution is -2.26. The molecule has 0 aromatic carbocycles. The van der Waals surface area contributed by atoms with Gasteiger partial charge in [-0.15, -0.1) is 0 Å². The SMILES string of the molecule is CC(C)(C)OC(=O)COCC=CCO. The van der Waals surface area contributed by atoms with Gasteiger partial charge >= 0.3 is 5.97 Å². The minimum absolute atomic E-state index is 0.0181. The van der Waals surface area contributed by atoms with Crippen molar-refractivity contribution in [1.29, 1.82) is 0 Å². The van der Waals surface area contributed by atoms with Crippen LogP contribution in [0.25, 0.3) is 0 Å². The molecule has 0 rings (SSSR count). The van der Waals surface area contributed by atoms with Crippen molar-refractivity contribution in [2.75, 3.05) is 19.8 Å². The molecule has 1 N–H and O–H groups in total. The first-order valence-corrected chi connectivity index (χ1v) is 4.51. The Hall–Kier alpha value is -0.870. The third-order valence-corrected chi connectivity index (χ3v) is 1.13. The fraction of sp³-hybridized carbons (Fsp3) is 0.700. The molecule has 0 aliphatic heterocycles. The Morgan fingerprint density at radius 2 is 2.00 bits per heavy atom. The second kappa shape index (κ2) is 6.56. The highest BCUT2D eigenvalue weighted by molar-refractivity contribution is 5.71. The number of aliphatic hydroxyl groups excluding tert-OH is 1. The van der Waals surface area contributed by atoms with E-state index in [1.165, 1.54) is 0 Å². The lowest BCUT2D eigenvalue weighted by atomic mass is 10.2. The molecule has 0 heterocycles. The Bertz CT molecular complexity index is 191.